The van der Waals surface area contributed by atoms with E-state index in [0.29, 0.717) is 5.82 Å². The highest BCUT2D eigenvalue weighted by atomic mass is 32.2. The van der Waals surface area contributed by atoms with E-state index in [0.717, 1.165) is 18.1 Å². The Labute approximate surface area is 69.4 Å². The summed E-state index contributed by atoms with van der Waals surface area (Å²) in [6.45, 7) is 0.980. The second-order valence-corrected chi connectivity index (χ2v) is 3.49. The van der Waals surface area contributed by atoms with E-state index in [1.807, 2.05) is 23.9 Å². The summed E-state index contributed by atoms with van der Waals surface area (Å²) in [4.78, 5) is 5.36. The van der Waals surface area contributed by atoms with E-state index < -0.39 is 0 Å². The first-order valence-electron chi connectivity index (χ1n) is 3.49. The zero-order valence-corrected chi connectivity index (χ0v) is 6.82. The molecule has 0 saturated heterocycles. The van der Waals surface area contributed by atoms with Gasteiger partial charge < -0.3 is 11.1 Å². The van der Waals surface area contributed by atoms with E-state index in [4.69, 9.17) is 5.73 Å². The maximum Gasteiger partial charge on any atom is 0.142 e. The molecule has 1 aliphatic heterocycles. The highest BCUT2D eigenvalue weighted by molar-refractivity contribution is 7.99. The molecule has 0 atom stereocenters. The van der Waals surface area contributed by atoms with E-state index >= 15 is 0 Å². The van der Waals surface area contributed by atoms with Gasteiger partial charge in [-0.3, -0.25) is 0 Å². The molecule has 0 saturated carbocycles. The highest BCUT2D eigenvalue weighted by Gasteiger charge is 2.09. The van der Waals surface area contributed by atoms with Gasteiger partial charge in [-0.1, -0.05) is 0 Å². The Bertz CT molecular complexity index is 274. The van der Waals surface area contributed by atoms with Crippen LogP contribution in [0.2, 0.25) is 0 Å². The van der Waals surface area contributed by atoms with Crippen molar-refractivity contribution < 1.29 is 0 Å². The van der Waals surface area contributed by atoms with Crippen LogP contribution < -0.4 is 11.1 Å². The number of nitrogens with one attached hydrogen (secondary N) is 1. The quantitative estimate of drug-likeness (QED) is 0.609. The Morgan fingerprint density at radius 2 is 2.45 bits per heavy atom. The summed E-state index contributed by atoms with van der Waals surface area (Å²) >= 11 is 1.82. The van der Waals surface area contributed by atoms with Gasteiger partial charge in [0.25, 0.3) is 0 Å². The maximum absolute atomic E-state index is 5.52. The van der Waals surface area contributed by atoms with Gasteiger partial charge in [0.05, 0.1) is 0 Å². The number of anilines is 2. The van der Waals surface area contributed by atoms with Crippen LogP contribution in [0.25, 0.3) is 0 Å². The van der Waals surface area contributed by atoms with Crippen LogP contribution in [0.15, 0.2) is 17.0 Å². The molecule has 0 bridgehead atoms. The van der Waals surface area contributed by atoms with Crippen LogP contribution in [-0.2, 0) is 0 Å². The topological polar surface area (TPSA) is 50.9 Å². The van der Waals surface area contributed by atoms with Crippen molar-refractivity contribution in [1.82, 2.24) is 4.98 Å². The Kier molecular flexibility index (Phi) is 1.62. The zero-order valence-electron chi connectivity index (χ0n) is 6.00. The van der Waals surface area contributed by atoms with Gasteiger partial charge in [0.2, 0.25) is 0 Å². The average molecular weight is 167 g/mol. The lowest BCUT2D eigenvalue weighted by Gasteiger charge is -2.15. The molecule has 2 rings (SSSR count). The molecule has 3 N–H and O–H groups in total. The smallest absolute Gasteiger partial charge is 0.142 e. The lowest BCUT2D eigenvalue weighted by Crippen LogP contribution is -2.12. The third-order valence-electron chi connectivity index (χ3n) is 1.53. The van der Waals surface area contributed by atoms with Crippen molar-refractivity contribution in [1.29, 1.82) is 0 Å². The molecule has 0 fully saturated rings. The fourth-order valence-corrected chi connectivity index (χ4v) is 1.88. The lowest BCUT2D eigenvalue weighted by molar-refractivity contribution is 1.11. The van der Waals surface area contributed by atoms with E-state index in [9.17, 15) is 0 Å². The molecular weight excluding hydrogens is 158 g/mol. The van der Waals surface area contributed by atoms with Crippen LogP contribution in [0.1, 0.15) is 0 Å². The van der Waals surface area contributed by atoms with Crippen LogP contribution in [0.3, 0.4) is 0 Å². The molecule has 3 nitrogen and oxygen atoms in total. The maximum atomic E-state index is 5.52. The summed E-state index contributed by atoms with van der Waals surface area (Å²) in [5.41, 5.74) is 5.52. The molecule has 0 amide bonds. The number of nitrogen functional groups attached to an aromatic ring is 1. The summed E-state index contributed by atoms with van der Waals surface area (Å²) in [7, 11) is 0. The molecule has 0 aliphatic carbocycles. The normalized spacial score (nSPS) is 15.3. The second kappa shape index (κ2) is 2.62. The predicted molar refractivity (Wildman–Crippen MR) is 47.9 cm³/mol. The van der Waals surface area contributed by atoms with Gasteiger partial charge in [0.1, 0.15) is 11.6 Å². The number of aromatic nitrogens is 1. The predicted octanol–water partition coefficient (Wildman–Crippen LogP) is 1.18. The molecule has 4 heteroatoms. The summed E-state index contributed by atoms with van der Waals surface area (Å²) in [5, 5.41) is 3.19. The third-order valence-corrected chi connectivity index (χ3v) is 2.58. The third kappa shape index (κ3) is 1.26. The minimum Gasteiger partial charge on any atom is -0.384 e. The molecule has 0 aromatic carbocycles. The lowest BCUT2D eigenvalue weighted by atomic mass is 10.4. The van der Waals surface area contributed by atoms with Crippen molar-refractivity contribution in [2.45, 2.75) is 4.90 Å². The summed E-state index contributed by atoms with van der Waals surface area (Å²) in [6.07, 6.45) is 0. The van der Waals surface area contributed by atoms with Crippen molar-refractivity contribution in [2.75, 3.05) is 23.3 Å². The first-order chi connectivity index (χ1) is 5.36. The van der Waals surface area contributed by atoms with Gasteiger partial charge in [-0.05, 0) is 12.1 Å². The number of nitrogens with two attached hydrogens (primary N) is 1. The molecular formula is C7H9N3S. The van der Waals surface area contributed by atoms with Gasteiger partial charge in [-0.15, -0.1) is 11.8 Å². The number of nitrogens with zero attached hydrogens (tertiary/aromatic N) is 1. The van der Waals surface area contributed by atoms with Gasteiger partial charge in [0.15, 0.2) is 0 Å². The summed E-state index contributed by atoms with van der Waals surface area (Å²) in [5.74, 6) is 2.62. The number of pyridine rings is 1. The van der Waals surface area contributed by atoms with Crippen molar-refractivity contribution >= 4 is 23.4 Å². The fourth-order valence-electron chi connectivity index (χ4n) is 1.04. The van der Waals surface area contributed by atoms with E-state index in [-0.39, 0.29) is 0 Å². The SMILES string of the molecule is Nc1ccc2c(n1)NCCS2. The largest absolute Gasteiger partial charge is 0.384 e. The Balaban J connectivity index is 2.43. The van der Waals surface area contributed by atoms with Crippen LogP contribution >= 0.6 is 11.8 Å². The molecule has 0 unspecified atom stereocenters. The van der Waals surface area contributed by atoms with Crippen LogP contribution in [-0.4, -0.2) is 17.3 Å². The first-order valence-corrected chi connectivity index (χ1v) is 4.48. The van der Waals surface area contributed by atoms with Crippen LogP contribution in [0, 0.1) is 0 Å². The van der Waals surface area contributed by atoms with Gasteiger partial charge in [-0.25, -0.2) is 4.98 Å². The van der Waals surface area contributed by atoms with E-state index in [2.05, 4.69) is 10.3 Å². The number of thioether (sulfide) groups is 1. The molecule has 0 spiro atoms. The average Bonchev–Trinajstić information content (AvgIpc) is 2.04. The first kappa shape index (κ1) is 6.79. The summed E-state index contributed by atoms with van der Waals surface area (Å²) < 4.78 is 0. The Hall–Kier alpha value is -0.900. The van der Waals surface area contributed by atoms with Crippen LogP contribution in [0.4, 0.5) is 11.6 Å². The monoisotopic (exact) mass is 167 g/mol. The zero-order chi connectivity index (χ0) is 7.68. The molecule has 1 aromatic rings. The van der Waals surface area contributed by atoms with Crippen molar-refractivity contribution in [3.8, 4) is 0 Å². The number of fused-ring (bicyclic) bond motifs is 1. The number of hydrogen-bond donors (Lipinski definition) is 2. The van der Waals surface area contributed by atoms with Gasteiger partial charge in [-0.2, -0.15) is 0 Å². The van der Waals surface area contributed by atoms with Gasteiger partial charge in [0, 0.05) is 17.2 Å². The Morgan fingerprint density at radius 3 is 3.36 bits per heavy atom. The van der Waals surface area contributed by atoms with Crippen molar-refractivity contribution in [2.24, 2.45) is 0 Å². The Morgan fingerprint density at radius 1 is 1.55 bits per heavy atom. The molecule has 1 aliphatic rings. The van der Waals surface area contributed by atoms with Gasteiger partial charge >= 0.3 is 0 Å². The van der Waals surface area contributed by atoms with Crippen LogP contribution in [0.5, 0.6) is 0 Å². The fraction of sp³-hybridized carbons (Fsp3) is 0.286. The minimum absolute atomic E-state index is 0.582. The number of rotatable bonds is 0. The molecule has 1 aromatic heterocycles. The highest BCUT2D eigenvalue weighted by Crippen LogP contribution is 2.29. The standard InChI is InChI=1S/C7H9N3S/c8-6-2-1-5-7(10-6)9-3-4-11-5/h1-2H,3-4H2,(H3,8,9,10). The summed E-state index contributed by atoms with van der Waals surface area (Å²) in [6, 6.07) is 3.84. The molecule has 0 radical (unpaired) electrons. The minimum atomic E-state index is 0.582. The second-order valence-electron chi connectivity index (χ2n) is 2.36. The van der Waals surface area contributed by atoms with E-state index in [1.165, 1.54) is 4.90 Å². The van der Waals surface area contributed by atoms with Crippen molar-refractivity contribution in [3.05, 3.63) is 12.1 Å². The molecule has 58 valence electrons. The van der Waals surface area contributed by atoms with E-state index in [1.54, 1.807) is 0 Å². The van der Waals surface area contributed by atoms with Crippen molar-refractivity contribution in [3.63, 3.8) is 0 Å². The number of hydrogen-bond acceptors (Lipinski definition) is 4. The molecule has 11 heavy (non-hydrogen) atoms. The molecule has 2 heterocycles.